The standard InChI is InChI=1S/C22H21FN2O4S/c1-16(15-29-20-7-3-2-4-8-20)24-22(26)17-6-5-9-21(14-17)30(27,28)25-19-12-10-18(23)11-13-19/h2-14,16,25H,15H2,1H3,(H,24,26)/t16-/m1/s1. The summed E-state index contributed by atoms with van der Waals surface area (Å²) in [7, 11) is -3.93. The molecule has 156 valence electrons. The molecule has 1 amide bonds. The molecule has 0 aliphatic carbocycles. The number of hydrogen-bond donors (Lipinski definition) is 2. The van der Waals surface area contributed by atoms with Crippen LogP contribution < -0.4 is 14.8 Å². The van der Waals surface area contributed by atoms with Crippen molar-refractivity contribution >= 4 is 21.6 Å². The summed E-state index contributed by atoms with van der Waals surface area (Å²) in [5.74, 6) is -0.196. The zero-order chi connectivity index (χ0) is 21.6. The molecule has 2 N–H and O–H groups in total. The summed E-state index contributed by atoms with van der Waals surface area (Å²) in [6.07, 6.45) is 0. The van der Waals surface area contributed by atoms with Crippen LogP contribution in [-0.2, 0) is 10.0 Å². The molecule has 0 spiro atoms. The number of benzene rings is 3. The van der Waals surface area contributed by atoms with Gasteiger partial charge in [-0.15, -0.1) is 0 Å². The largest absolute Gasteiger partial charge is 0.491 e. The van der Waals surface area contributed by atoms with Gasteiger partial charge >= 0.3 is 0 Å². The third kappa shape index (κ3) is 5.81. The Kier molecular flexibility index (Phi) is 6.68. The maximum Gasteiger partial charge on any atom is 0.261 e. The van der Waals surface area contributed by atoms with Crippen molar-refractivity contribution in [1.29, 1.82) is 0 Å². The fraction of sp³-hybridized carbons (Fsp3) is 0.136. The van der Waals surface area contributed by atoms with E-state index in [1.807, 2.05) is 30.3 Å². The number of carbonyl (C=O) groups is 1. The van der Waals surface area contributed by atoms with E-state index < -0.39 is 21.7 Å². The highest BCUT2D eigenvalue weighted by atomic mass is 32.2. The van der Waals surface area contributed by atoms with E-state index in [-0.39, 0.29) is 28.8 Å². The highest BCUT2D eigenvalue weighted by Crippen LogP contribution is 2.18. The van der Waals surface area contributed by atoms with E-state index in [0.29, 0.717) is 5.75 Å². The first kappa shape index (κ1) is 21.3. The summed E-state index contributed by atoms with van der Waals surface area (Å²) in [4.78, 5) is 12.4. The van der Waals surface area contributed by atoms with E-state index in [4.69, 9.17) is 4.74 Å². The second-order valence-electron chi connectivity index (χ2n) is 6.64. The number of nitrogens with one attached hydrogen (secondary N) is 2. The van der Waals surface area contributed by atoms with Gasteiger partial charge in [0.15, 0.2) is 0 Å². The minimum Gasteiger partial charge on any atom is -0.491 e. The van der Waals surface area contributed by atoms with Crippen molar-refractivity contribution < 1.29 is 22.3 Å². The summed E-state index contributed by atoms with van der Waals surface area (Å²) < 4.78 is 46.2. The topological polar surface area (TPSA) is 84.5 Å². The normalized spacial score (nSPS) is 12.1. The van der Waals surface area contributed by atoms with E-state index in [1.54, 1.807) is 6.92 Å². The van der Waals surface area contributed by atoms with Gasteiger partial charge in [-0.1, -0.05) is 24.3 Å². The van der Waals surface area contributed by atoms with Crippen LogP contribution in [0.2, 0.25) is 0 Å². The predicted molar refractivity (Wildman–Crippen MR) is 113 cm³/mol. The van der Waals surface area contributed by atoms with Gasteiger partial charge in [-0.25, -0.2) is 12.8 Å². The van der Waals surface area contributed by atoms with E-state index >= 15 is 0 Å². The zero-order valence-electron chi connectivity index (χ0n) is 16.2. The number of rotatable bonds is 8. The summed E-state index contributed by atoms with van der Waals surface area (Å²) in [5, 5.41) is 2.78. The lowest BCUT2D eigenvalue weighted by Gasteiger charge is -2.15. The van der Waals surface area contributed by atoms with Gasteiger partial charge in [-0.3, -0.25) is 9.52 Å². The SMILES string of the molecule is C[C@H](COc1ccccc1)NC(=O)c1cccc(S(=O)(=O)Nc2ccc(F)cc2)c1. The summed E-state index contributed by atoms with van der Waals surface area (Å²) in [6.45, 7) is 2.05. The summed E-state index contributed by atoms with van der Waals surface area (Å²) in [6, 6.07) is 19.5. The van der Waals surface area contributed by atoms with Gasteiger partial charge in [-0.05, 0) is 61.5 Å². The highest BCUT2D eigenvalue weighted by molar-refractivity contribution is 7.92. The van der Waals surface area contributed by atoms with Crippen LogP contribution in [0.15, 0.2) is 83.8 Å². The third-order valence-corrected chi connectivity index (χ3v) is 5.50. The number of amides is 1. The van der Waals surface area contributed by atoms with E-state index in [9.17, 15) is 17.6 Å². The molecule has 1 atom stereocenters. The molecule has 30 heavy (non-hydrogen) atoms. The van der Waals surface area contributed by atoms with Crippen LogP contribution in [0.5, 0.6) is 5.75 Å². The predicted octanol–water partition coefficient (Wildman–Crippen LogP) is 3.82. The number of carbonyl (C=O) groups excluding carboxylic acids is 1. The van der Waals surface area contributed by atoms with Crippen molar-refractivity contribution in [2.24, 2.45) is 0 Å². The Morgan fingerprint density at radius 1 is 1.00 bits per heavy atom. The molecule has 6 nitrogen and oxygen atoms in total. The number of sulfonamides is 1. The second-order valence-corrected chi connectivity index (χ2v) is 8.32. The Morgan fingerprint density at radius 2 is 1.70 bits per heavy atom. The number of halogens is 1. The number of para-hydroxylation sites is 1. The van der Waals surface area contributed by atoms with Crippen LogP contribution in [-0.4, -0.2) is 27.0 Å². The molecule has 0 fully saturated rings. The Balaban J connectivity index is 1.64. The van der Waals surface area contributed by atoms with Crippen molar-refractivity contribution in [2.45, 2.75) is 17.9 Å². The highest BCUT2D eigenvalue weighted by Gasteiger charge is 2.17. The first-order valence-corrected chi connectivity index (χ1v) is 10.7. The van der Waals surface area contributed by atoms with Gasteiger partial charge in [-0.2, -0.15) is 0 Å². The quantitative estimate of drug-likeness (QED) is 0.571. The maximum atomic E-state index is 13.0. The van der Waals surface area contributed by atoms with Crippen molar-refractivity contribution in [3.63, 3.8) is 0 Å². The van der Waals surface area contributed by atoms with Gasteiger partial charge < -0.3 is 10.1 Å². The number of hydrogen-bond acceptors (Lipinski definition) is 4. The van der Waals surface area contributed by atoms with E-state index in [2.05, 4.69) is 10.0 Å². The molecule has 0 heterocycles. The van der Waals surface area contributed by atoms with E-state index in [1.165, 1.54) is 36.4 Å². The smallest absolute Gasteiger partial charge is 0.261 e. The Bertz CT molecular complexity index is 1100. The Morgan fingerprint density at radius 3 is 2.40 bits per heavy atom. The molecule has 0 unspecified atom stereocenters. The van der Waals surface area contributed by atoms with Crippen LogP contribution in [0.4, 0.5) is 10.1 Å². The average molecular weight is 428 g/mol. The van der Waals surface area contributed by atoms with Gasteiger partial charge in [0.05, 0.1) is 10.9 Å². The average Bonchev–Trinajstić information content (AvgIpc) is 2.74. The second kappa shape index (κ2) is 9.41. The molecule has 3 aromatic carbocycles. The first-order valence-electron chi connectivity index (χ1n) is 9.21. The molecular weight excluding hydrogens is 407 g/mol. The molecule has 0 saturated heterocycles. The van der Waals surface area contributed by atoms with Crippen molar-refractivity contribution in [3.8, 4) is 5.75 Å². The minimum atomic E-state index is -3.93. The fourth-order valence-corrected chi connectivity index (χ4v) is 3.73. The Hall–Kier alpha value is -3.39. The minimum absolute atomic E-state index is 0.0762. The van der Waals surface area contributed by atoms with Gasteiger partial charge in [0.1, 0.15) is 18.2 Å². The molecule has 0 aromatic heterocycles. The molecule has 8 heteroatoms. The number of anilines is 1. The van der Waals surface area contributed by atoms with E-state index in [0.717, 1.165) is 12.1 Å². The van der Waals surface area contributed by atoms with Crippen molar-refractivity contribution in [1.82, 2.24) is 5.32 Å². The van der Waals surface area contributed by atoms with Gasteiger partial charge in [0.25, 0.3) is 15.9 Å². The lowest BCUT2D eigenvalue weighted by atomic mass is 10.2. The molecule has 0 radical (unpaired) electrons. The van der Waals surface area contributed by atoms with Crippen LogP contribution >= 0.6 is 0 Å². The first-order chi connectivity index (χ1) is 14.3. The zero-order valence-corrected chi connectivity index (χ0v) is 17.0. The monoisotopic (exact) mass is 428 g/mol. The third-order valence-electron chi connectivity index (χ3n) is 4.12. The fourth-order valence-electron chi connectivity index (χ4n) is 2.62. The molecular formula is C22H21FN2O4S. The Labute approximate surface area is 174 Å². The van der Waals surface area contributed by atoms with Crippen LogP contribution in [0, 0.1) is 5.82 Å². The van der Waals surface area contributed by atoms with Crippen molar-refractivity contribution in [3.05, 3.63) is 90.2 Å². The molecule has 3 aromatic rings. The van der Waals surface area contributed by atoms with Crippen molar-refractivity contribution in [2.75, 3.05) is 11.3 Å². The molecule has 3 rings (SSSR count). The lowest BCUT2D eigenvalue weighted by molar-refractivity contribution is 0.0926. The van der Waals surface area contributed by atoms with Gasteiger partial charge in [0, 0.05) is 11.3 Å². The lowest BCUT2D eigenvalue weighted by Crippen LogP contribution is -2.36. The number of ether oxygens (including phenoxy) is 1. The van der Waals surface area contributed by atoms with Crippen LogP contribution in [0.1, 0.15) is 17.3 Å². The summed E-state index contributed by atoms with van der Waals surface area (Å²) >= 11 is 0. The van der Waals surface area contributed by atoms with Crippen LogP contribution in [0.3, 0.4) is 0 Å². The molecule has 0 saturated carbocycles. The molecule has 0 aliphatic heterocycles. The van der Waals surface area contributed by atoms with Gasteiger partial charge in [0.2, 0.25) is 0 Å². The maximum absolute atomic E-state index is 13.0. The molecule has 0 bridgehead atoms. The summed E-state index contributed by atoms with van der Waals surface area (Å²) in [5.41, 5.74) is 0.418. The van der Waals surface area contributed by atoms with Crippen LogP contribution in [0.25, 0.3) is 0 Å². The molecule has 0 aliphatic rings.